The zero-order chi connectivity index (χ0) is 43.8. The molecule has 0 saturated heterocycles. The minimum Gasteiger partial charge on any atom is -0.461 e. The Morgan fingerprint density at radius 3 is 2.03 bits per heavy atom. The number of alkyl carbamates (subject to hydrolysis) is 1. The number of hydrogen-bond acceptors (Lipinski definition) is 8. The zero-order valence-electron chi connectivity index (χ0n) is 34.5. The first kappa shape index (κ1) is 44.5. The minimum atomic E-state index is -1.41. The van der Waals surface area contributed by atoms with Gasteiger partial charge in [0, 0.05) is 18.0 Å². The molecule has 0 aliphatic heterocycles. The van der Waals surface area contributed by atoms with Gasteiger partial charge in [-0.1, -0.05) is 121 Å². The van der Waals surface area contributed by atoms with Gasteiger partial charge in [0.25, 0.3) is 5.91 Å². The van der Waals surface area contributed by atoms with E-state index < -0.39 is 60.4 Å². The van der Waals surface area contributed by atoms with Crippen LogP contribution in [-0.2, 0) is 35.1 Å². The minimum absolute atomic E-state index is 0.0315. The Morgan fingerprint density at radius 1 is 0.694 bits per heavy atom. The molecule has 6 rings (SSSR count). The SMILES string of the molecule is C=CCC[C@H](NC(=O)OCC1c2ccccc2-c2ccccc21)C(=O)OC[C@H](NC(=O)[C@H](CC=C)CC(=O)N[C@H](CO)Cc1ccccc1)C(=O)Nc1ccc2ccccc2c1. The molecule has 12 nitrogen and oxygen atoms in total. The van der Waals surface area contributed by atoms with Crippen molar-refractivity contribution in [3.05, 3.63) is 163 Å². The summed E-state index contributed by atoms with van der Waals surface area (Å²) in [6.45, 7) is 6.60. The van der Waals surface area contributed by atoms with Gasteiger partial charge in [-0.05, 0) is 76.4 Å². The third kappa shape index (κ3) is 11.8. The van der Waals surface area contributed by atoms with Gasteiger partial charge in [-0.3, -0.25) is 14.4 Å². The molecule has 0 aromatic heterocycles. The molecule has 0 fully saturated rings. The molecule has 1 aliphatic rings. The van der Waals surface area contributed by atoms with Crippen LogP contribution in [0.15, 0.2) is 147 Å². The highest BCUT2D eigenvalue weighted by Gasteiger charge is 2.32. The van der Waals surface area contributed by atoms with Crippen LogP contribution in [0, 0.1) is 5.92 Å². The first-order chi connectivity index (χ1) is 30.2. The third-order valence-electron chi connectivity index (χ3n) is 10.8. The van der Waals surface area contributed by atoms with Crippen LogP contribution >= 0.6 is 0 Å². The molecule has 62 heavy (non-hydrogen) atoms. The van der Waals surface area contributed by atoms with Crippen molar-refractivity contribution in [1.29, 1.82) is 0 Å². The lowest BCUT2D eigenvalue weighted by Gasteiger charge is -2.24. The van der Waals surface area contributed by atoms with E-state index in [1.54, 1.807) is 18.2 Å². The number of hydrogen-bond donors (Lipinski definition) is 5. The highest BCUT2D eigenvalue weighted by atomic mass is 16.6. The van der Waals surface area contributed by atoms with Gasteiger partial charge in [0.05, 0.1) is 18.6 Å². The molecule has 12 heteroatoms. The number of esters is 1. The first-order valence-electron chi connectivity index (χ1n) is 20.7. The Balaban J connectivity index is 1.13. The Kier molecular flexibility index (Phi) is 15.8. The van der Waals surface area contributed by atoms with Crippen molar-refractivity contribution < 1.29 is 38.6 Å². The summed E-state index contributed by atoms with van der Waals surface area (Å²) in [5.74, 6) is -3.81. The lowest BCUT2D eigenvalue weighted by Crippen LogP contribution is -2.51. The van der Waals surface area contributed by atoms with E-state index in [0.29, 0.717) is 18.5 Å². The number of ether oxygens (including phenoxy) is 2. The molecular weight excluding hydrogens is 785 g/mol. The molecular formula is C50H52N4O8. The molecule has 4 amide bonds. The fourth-order valence-corrected chi connectivity index (χ4v) is 7.61. The summed E-state index contributed by atoms with van der Waals surface area (Å²) in [6.07, 6.45) is 2.95. The maximum atomic E-state index is 13.9. The van der Waals surface area contributed by atoms with E-state index >= 15 is 0 Å². The number of benzene rings is 5. The van der Waals surface area contributed by atoms with Crippen LogP contribution in [0.1, 0.15) is 48.3 Å². The van der Waals surface area contributed by atoms with E-state index in [1.165, 1.54) is 6.08 Å². The van der Waals surface area contributed by atoms with Gasteiger partial charge in [0.2, 0.25) is 11.8 Å². The highest BCUT2D eigenvalue weighted by molar-refractivity contribution is 6.00. The molecule has 0 bridgehead atoms. The average molecular weight is 837 g/mol. The van der Waals surface area contributed by atoms with Crippen LogP contribution in [0.4, 0.5) is 10.5 Å². The molecule has 5 aromatic carbocycles. The number of anilines is 1. The number of aliphatic hydroxyl groups is 1. The molecule has 0 spiro atoms. The number of amides is 4. The van der Waals surface area contributed by atoms with E-state index in [0.717, 1.165) is 38.6 Å². The molecule has 0 radical (unpaired) electrons. The second-order valence-corrected chi connectivity index (χ2v) is 15.2. The molecule has 1 aliphatic carbocycles. The Labute approximate surface area is 361 Å². The maximum absolute atomic E-state index is 13.9. The van der Waals surface area contributed by atoms with E-state index in [2.05, 4.69) is 34.4 Å². The second kappa shape index (κ2) is 22.0. The van der Waals surface area contributed by atoms with Gasteiger partial charge in [0.15, 0.2) is 0 Å². The smallest absolute Gasteiger partial charge is 0.407 e. The number of allylic oxidation sites excluding steroid dienone is 2. The van der Waals surface area contributed by atoms with Crippen molar-refractivity contribution in [2.24, 2.45) is 5.92 Å². The van der Waals surface area contributed by atoms with E-state index in [4.69, 9.17) is 9.47 Å². The summed E-state index contributed by atoms with van der Waals surface area (Å²) in [5.41, 5.74) is 5.58. The van der Waals surface area contributed by atoms with Crippen LogP contribution in [0.25, 0.3) is 21.9 Å². The van der Waals surface area contributed by atoms with Crippen molar-refractivity contribution in [2.75, 3.05) is 25.1 Å². The monoisotopic (exact) mass is 836 g/mol. The molecule has 320 valence electrons. The molecule has 0 heterocycles. The molecule has 5 N–H and O–H groups in total. The Hall–Kier alpha value is -7.05. The van der Waals surface area contributed by atoms with Gasteiger partial charge >= 0.3 is 12.1 Å². The van der Waals surface area contributed by atoms with Crippen LogP contribution < -0.4 is 21.3 Å². The maximum Gasteiger partial charge on any atom is 0.407 e. The second-order valence-electron chi connectivity index (χ2n) is 15.2. The van der Waals surface area contributed by atoms with E-state index in [1.807, 2.05) is 109 Å². The Morgan fingerprint density at radius 2 is 1.35 bits per heavy atom. The molecule has 0 unspecified atom stereocenters. The fourth-order valence-electron chi connectivity index (χ4n) is 7.61. The standard InChI is InChI=1S/C50H52N4O8/c1-3-5-24-44(54-50(60)62-31-43-41-22-13-11-20-39(41)40-21-12-14-23-42(40)43)49(59)61-32-45(48(58)52-37-26-25-34-18-9-10-19-35(34)28-37)53-47(57)36(15-4-2)29-46(56)51-38(30-55)27-33-16-7-6-8-17-33/h3-4,6-14,16-23,25-26,28,36,38,43-45,55H,1-2,5,15,24,27,29-32H2,(H,51,56)(H,52,58)(H,53,57)(H,54,60)/t36-,38+,44+,45+/m1/s1. The third-order valence-corrected chi connectivity index (χ3v) is 10.8. The quantitative estimate of drug-likeness (QED) is 0.0389. The Bertz CT molecular complexity index is 2340. The van der Waals surface area contributed by atoms with Crippen molar-refractivity contribution in [1.82, 2.24) is 16.0 Å². The van der Waals surface area contributed by atoms with Crippen molar-refractivity contribution in [3.8, 4) is 11.1 Å². The lowest BCUT2D eigenvalue weighted by atomic mass is 9.98. The zero-order valence-corrected chi connectivity index (χ0v) is 34.5. The molecule has 0 saturated carbocycles. The normalized spacial score (nSPS) is 13.6. The number of aliphatic hydroxyl groups excluding tert-OH is 1. The fraction of sp³-hybridized carbons (Fsp3) is 0.260. The first-order valence-corrected chi connectivity index (χ1v) is 20.7. The summed E-state index contributed by atoms with van der Waals surface area (Å²) in [7, 11) is 0. The van der Waals surface area contributed by atoms with Crippen molar-refractivity contribution in [2.45, 2.75) is 56.1 Å². The van der Waals surface area contributed by atoms with Gasteiger partial charge in [-0.25, -0.2) is 9.59 Å². The predicted molar refractivity (Wildman–Crippen MR) is 239 cm³/mol. The van der Waals surface area contributed by atoms with Crippen LogP contribution in [-0.4, -0.2) is 72.8 Å². The summed E-state index contributed by atoms with van der Waals surface area (Å²) >= 11 is 0. The summed E-state index contributed by atoms with van der Waals surface area (Å²) in [4.78, 5) is 67.9. The number of nitrogens with one attached hydrogen (secondary N) is 4. The van der Waals surface area contributed by atoms with Crippen LogP contribution in [0.3, 0.4) is 0 Å². The average Bonchev–Trinajstić information content (AvgIpc) is 3.61. The van der Waals surface area contributed by atoms with E-state index in [-0.39, 0.29) is 38.4 Å². The molecule has 5 aromatic rings. The van der Waals surface area contributed by atoms with Gasteiger partial charge in [-0.15, -0.1) is 13.2 Å². The summed E-state index contributed by atoms with van der Waals surface area (Å²) < 4.78 is 11.4. The van der Waals surface area contributed by atoms with Crippen molar-refractivity contribution in [3.63, 3.8) is 0 Å². The van der Waals surface area contributed by atoms with Crippen LogP contribution in [0.5, 0.6) is 0 Å². The van der Waals surface area contributed by atoms with E-state index in [9.17, 15) is 29.1 Å². The van der Waals surface area contributed by atoms with Gasteiger partial charge in [0.1, 0.15) is 25.3 Å². The predicted octanol–water partition coefficient (Wildman–Crippen LogP) is 6.98. The van der Waals surface area contributed by atoms with Gasteiger partial charge in [-0.2, -0.15) is 0 Å². The number of carbonyl (C=O) groups is 5. The largest absolute Gasteiger partial charge is 0.461 e. The highest BCUT2D eigenvalue weighted by Crippen LogP contribution is 2.44. The topological polar surface area (TPSA) is 172 Å². The van der Waals surface area contributed by atoms with Crippen LogP contribution in [0.2, 0.25) is 0 Å². The summed E-state index contributed by atoms with van der Waals surface area (Å²) in [5, 5.41) is 22.7. The number of fused-ring (bicyclic) bond motifs is 4. The number of carbonyl (C=O) groups excluding carboxylic acids is 5. The number of rotatable bonds is 21. The summed E-state index contributed by atoms with van der Waals surface area (Å²) in [6, 6.07) is 35.0. The molecule has 4 atom stereocenters. The lowest BCUT2D eigenvalue weighted by molar-refractivity contribution is -0.148. The van der Waals surface area contributed by atoms with Gasteiger partial charge < -0.3 is 35.8 Å². The van der Waals surface area contributed by atoms with Crippen molar-refractivity contribution >= 4 is 46.2 Å².